The van der Waals surface area contributed by atoms with Crippen molar-refractivity contribution in [1.82, 2.24) is 0 Å². The summed E-state index contributed by atoms with van der Waals surface area (Å²) in [4.78, 5) is 0. The van der Waals surface area contributed by atoms with Gasteiger partial charge in [-0.1, -0.05) is 0 Å². The Morgan fingerprint density at radius 1 is 1.50 bits per heavy atom. The maximum absolute atomic E-state index is 13.0. The van der Waals surface area contributed by atoms with Gasteiger partial charge in [0.2, 0.25) is 0 Å². The minimum absolute atomic E-state index is 0.314. The third kappa shape index (κ3) is 2.44. The van der Waals surface area contributed by atoms with Crippen LogP contribution in [-0.2, 0) is 4.74 Å². The molecule has 88 valence electrons. The van der Waals surface area contributed by atoms with Gasteiger partial charge < -0.3 is 15.2 Å². The number of nitrogens with one attached hydrogen (secondary N) is 1. The lowest BCUT2D eigenvalue weighted by Gasteiger charge is -2.36. The van der Waals surface area contributed by atoms with Gasteiger partial charge in [0, 0.05) is 24.4 Å². The molecule has 1 aromatic carbocycles. The van der Waals surface area contributed by atoms with Crippen LogP contribution < -0.4 is 5.32 Å². The molecule has 0 amide bonds. The van der Waals surface area contributed by atoms with E-state index >= 15 is 0 Å². The van der Waals surface area contributed by atoms with Gasteiger partial charge in [-0.2, -0.15) is 0 Å². The fourth-order valence-corrected chi connectivity index (χ4v) is 1.89. The summed E-state index contributed by atoms with van der Waals surface area (Å²) in [5, 5.41) is 12.2. The number of halogens is 1. The number of phenolic OH excluding ortho intramolecular Hbond substituents is 1. The number of ether oxygens (including phenoxy) is 1. The van der Waals surface area contributed by atoms with Crippen LogP contribution in [0.3, 0.4) is 0 Å². The highest BCUT2D eigenvalue weighted by Gasteiger charge is 2.29. The van der Waals surface area contributed by atoms with E-state index in [1.807, 2.05) is 6.92 Å². The summed E-state index contributed by atoms with van der Waals surface area (Å²) in [6.45, 7) is 2.72. The van der Waals surface area contributed by atoms with Crippen molar-refractivity contribution in [3.8, 4) is 5.75 Å². The second-order valence-electron chi connectivity index (χ2n) is 4.06. The number of anilines is 1. The molecular formula is C12H16FNO2. The fourth-order valence-electron chi connectivity index (χ4n) is 1.89. The molecule has 1 aliphatic carbocycles. The van der Waals surface area contributed by atoms with Crippen molar-refractivity contribution >= 4 is 5.69 Å². The zero-order valence-corrected chi connectivity index (χ0v) is 9.24. The molecule has 0 atom stereocenters. The van der Waals surface area contributed by atoms with Crippen molar-refractivity contribution in [1.29, 1.82) is 0 Å². The van der Waals surface area contributed by atoms with E-state index < -0.39 is 5.82 Å². The summed E-state index contributed by atoms with van der Waals surface area (Å²) >= 11 is 0. The second kappa shape index (κ2) is 4.70. The van der Waals surface area contributed by atoms with Crippen LogP contribution in [0.15, 0.2) is 18.2 Å². The fraction of sp³-hybridized carbons (Fsp3) is 0.500. The first-order valence-corrected chi connectivity index (χ1v) is 5.55. The van der Waals surface area contributed by atoms with E-state index in [0.29, 0.717) is 17.8 Å². The van der Waals surface area contributed by atoms with Crippen molar-refractivity contribution < 1.29 is 14.2 Å². The molecule has 0 spiro atoms. The van der Waals surface area contributed by atoms with E-state index in [1.165, 1.54) is 12.1 Å². The zero-order valence-electron chi connectivity index (χ0n) is 9.24. The first-order valence-electron chi connectivity index (χ1n) is 5.55. The number of phenols is 1. The highest BCUT2D eigenvalue weighted by atomic mass is 19.1. The number of hydrogen-bond acceptors (Lipinski definition) is 3. The number of aromatic hydroxyl groups is 1. The Morgan fingerprint density at radius 2 is 2.25 bits per heavy atom. The summed E-state index contributed by atoms with van der Waals surface area (Å²) in [7, 11) is 0. The molecule has 0 radical (unpaired) electrons. The SMILES string of the molecule is CCOC1CC(Nc2ccc(O)c(F)c2)C1. The average molecular weight is 225 g/mol. The molecular weight excluding hydrogens is 209 g/mol. The summed E-state index contributed by atoms with van der Waals surface area (Å²) in [6.07, 6.45) is 2.25. The van der Waals surface area contributed by atoms with E-state index in [9.17, 15) is 4.39 Å². The van der Waals surface area contributed by atoms with Crippen molar-refractivity contribution in [3.05, 3.63) is 24.0 Å². The largest absolute Gasteiger partial charge is 0.505 e. The third-order valence-electron chi connectivity index (χ3n) is 2.82. The normalized spacial score (nSPS) is 23.9. The van der Waals surface area contributed by atoms with Crippen LogP contribution in [0.25, 0.3) is 0 Å². The van der Waals surface area contributed by atoms with Gasteiger partial charge in [-0.25, -0.2) is 4.39 Å². The minimum Gasteiger partial charge on any atom is -0.505 e. The monoisotopic (exact) mass is 225 g/mol. The Morgan fingerprint density at radius 3 is 2.88 bits per heavy atom. The van der Waals surface area contributed by atoms with E-state index in [0.717, 1.165) is 19.4 Å². The molecule has 4 heteroatoms. The summed E-state index contributed by atoms with van der Waals surface area (Å²) in [5.41, 5.74) is 0.704. The standard InChI is InChI=1S/C12H16FNO2/c1-2-16-10-5-9(6-10)14-8-3-4-12(15)11(13)7-8/h3-4,7,9-10,14-15H,2,5-6H2,1H3. The van der Waals surface area contributed by atoms with Gasteiger partial charge >= 0.3 is 0 Å². The van der Waals surface area contributed by atoms with Crippen LogP contribution in [0.1, 0.15) is 19.8 Å². The highest BCUT2D eigenvalue weighted by Crippen LogP contribution is 2.28. The van der Waals surface area contributed by atoms with Crippen LogP contribution in [0.4, 0.5) is 10.1 Å². The van der Waals surface area contributed by atoms with Crippen LogP contribution in [0, 0.1) is 5.82 Å². The molecule has 0 bridgehead atoms. The summed E-state index contributed by atoms with van der Waals surface area (Å²) < 4.78 is 18.5. The number of hydrogen-bond donors (Lipinski definition) is 2. The van der Waals surface area contributed by atoms with Crippen molar-refractivity contribution in [3.63, 3.8) is 0 Å². The van der Waals surface area contributed by atoms with Crippen LogP contribution in [-0.4, -0.2) is 23.9 Å². The number of benzene rings is 1. The average Bonchev–Trinajstić information content (AvgIpc) is 2.20. The quantitative estimate of drug-likeness (QED) is 0.774. The van der Waals surface area contributed by atoms with Gasteiger partial charge in [0.25, 0.3) is 0 Å². The predicted molar refractivity (Wildman–Crippen MR) is 60.1 cm³/mol. The molecule has 1 saturated carbocycles. The number of rotatable bonds is 4. The molecule has 1 fully saturated rings. The highest BCUT2D eigenvalue weighted by molar-refractivity contribution is 5.48. The maximum atomic E-state index is 13.0. The molecule has 0 saturated heterocycles. The molecule has 0 aliphatic heterocycles. The Hall–Kier alpha value is -1.29. The molecule has 2 rings (SSSR count). The first-order chi connectivity index (χ1) is 7.69. The van der Waals surface area contributed by atoms with Gasteiger partial charge in [-0.3, -0.25) is 0 Å². The van der Waals surface area contributed by atoms with E-state index in [4.69, 9.17) is 9.84 Å². The third-order valence-corrected chi connectivity index (χ3v) is 2.82. The van der Waals surface area contributed by atoms with Gasteiger partial charge in [-0.05, 0) is 31.9 Å². The Balaban J connectivity index is 1.84. The molecule has 2 N–H and O–H groups in total. The molecule has 1 aliphatic rings. The van der Waals surface area contributed by atoms with Crippen LogP contribution >= 0.6 is 0 Å². The molecule has 0 heterocycles. The second-order valence-corrected chi connectivity index (χ2v) is 4.06. The lowest BCUT2D eigenvalue weighted by atomic mass is 9.89. The summed E-state index contributed by atoms with van der Waals surface area (Å²) in [6, 6.07) is 4.69. The molecule has 3 nitrogen and oxygen atoms in total. The van der Waals surface area contributed by atoms with Gasteiger partial charge in [0.05, 0.1) is 6.10 Å². The minimum atomic E-state index is -0.592. The van der Waals surface area contributed by atoms with Crippen LogP contribution in [0.5, 0.6) is 5.75 Å². The Bertz CT molecular complexity index is 364. The molecule has 1 aromatic rings. The smallest absolute Gasteiger partial charge is 0.166 e. The van der Waals surface area contributed by atoms with Gasteiger partial charge in [-0.15, -0.1) is 0 Å². The molecule has 16 heavy (non-hydrogen) atoms. The van der Waals surface area contributed by atoms with Gasteiger partial charge in [0.1, 0.15) is 0 Å². The maximum Gasteiger partial charge on any atom is 0.166 e. The van der Waals surface area contributed by atoms with Crippen molar-refractivity contribution in [2.75, 3.05) is 11.9 Å². The van der Waals surface area contributed by atoms with E-state index in [-0.39, 0.29) is 5.75 Å². The summed E-state index contributed by atoms with van der Waals surface area (Å²) in [5.74, 6) is -0.906. The molecule has 0 aromatic heterocycles. The Kier molecular flexibility index (Phi) is 3.29. The topological polar surface area (TPSA) is 41.5 Å². The van der Waals surface area contributed by atoms with Crippen LogP contribution in [0.2, 0.25) is 0 Å². The van der Waals surface area contributed by atoms with Crippen molar-refractivity contribution in [2.24, 2.45) is 0 Å². The van der Waals surface area contributed by atoms with Crippen molar-refractivity contribution in [2.45, 2.75) is 31.9 Å². The zero-order chi connectivity index (χ0) is 11.5. The molecule has 0 unspecified atom stereocenters. The lowest BCUT2D eigenvalue weighted by Crippen LogP contribution is -2.40. The van der Waals surface area contributed by atoms with E-state index in [2.05, 4.69) is 5.32 Å². The van der Waals surface area contributed by atoms with Gasteiger partial charge in [0.15, 0.2) is 11.6 Å². The first kappa shape index (κ1) is 11.2. The van der Waals surface area contributed by atoms with E-state index in [1.54, 1.807) is 6.07 Å². The lowest BCUT2D eigenvalue weighted by molar-refractivity contribution is 0.00299. The Labute approximate surface area is 94.2 Å². The predicted octanol–water partition coefficient (Wildman–Crippen LogP) is 2.51.